The summed E-state index contributed by atoms with van der Waals surface area (Å²) in [5.41, 5.74) is 7.06. The van der Waals surface area contributed by atoms with E-state index in [2.05, 4.69) is 6.58 Å². The summed E-state index contributed by atoms with van der Waals surface area (Å²) < 4.78 is 27.1. The van der Waals surface area contributed by atoms with Gasteiger partial charge in [0.2, 0.25) is 0 Å². The van der Waals surface area contributed by atoms with Crippen LogP contribution < -0.4 is 5.73 Å². The van der Waals surface area contributed by atoms with Crippen molar-refractivity contribution in [2.45, 2.75) is 72.1 Å². The second-order valence-corrected chi connectivity index (χ2v) is 8.64. The van der Waals surface area contributed by atoms with Crippen molar-refractivity contribution in [3.8, 4) is 10.4 Å². The van der Waals surface area contributed by atoms with Gasteiger partial charge in [-0.25, -0.2) is 8.78 Å². The Morgan fingerprint density at radius 3 is 2.34 bits per heavy atom. The molecule has 1 unspecified atom stereocenters. The molecule has 0 bridgehead atoms. The van der Waals surface area contributed by atoms with Crippen molar-refractivity contribution in [2.24, 2.45) is 5.73 Å². The molecule has 1 aliphatic carbocycles. The number of nitrogens with two attached hydrogens (primary N) is 1. The quantitative estimate of drug-likeness (QED) is 0.569. The topological polar surface area (TPSA) is 43.1 Å². The van der Waals surface area contributed by atoms with Crippen LogP contribution in [0.15, 0.2) is 42.6 Å². The van der Waals surface area contributed by atoms with Gasteiger partial charge in [0.05, 0.1) is 5.41 Å². The lowest BCUT2D eigenvalue weighted by Crippen LogP contribution is -2.33. The minimum atomic E-state index is -2.85. The van der Waals surface area contributed by atoms with Crippen LogP contribution in [0, 0.1) is 0 Å². The summed E-state index contributed by atoms with van der Waals surface area (Å²) in [4.78, 5) is 14.3. The minimum Gasteiger partial charge on any atom is -0.403 e. The molecule has 1 aliphatic rings. The molecular weight excluding hydrogens is 388 g/mol. The molecule has 1 aromatic carbocycles. The molecule has 1 aromatic heterocycles. The number of thiophene rings is 1. The molecule has 0 radical (unpaired) electrons. The number of allylic oxidation sites excluding steroid dienone is 1. The Kier molecular flexibility index (Phi) is 8.76. The maximum Gasteiger partial charge on any atom is 0.270 e. The first kappa shape index (κ1) is 25.0. The number of Topliss-reactive ketones (excluding diaryl/α,β-unsaturated/α-hetero) is 1. The van der Waals surface area contributed by atoms with E-state index in [-0.39, 0.29) is 11.3 Å². The van der Waals surface area contributed by atoms with E-state index in [0.717, 1.165) is 42.2 Å². The number of rotatable bonds is 3. The van der Waals surface area contributed by atoms with Crippen molar-refractivity contribution < 1.29 is 13.6 Å². The Labute approximate surface area is 177 Å². The van der Waals surface area contributed by atoms with Crippen LogP contribution in [0.4, 0.5) is 8.78 Å². The average molecular weight is 422 g/mol. The molecule has 2 N–H and O–H groups in total. The van der Waals surface area contributed by atoms with Crippen molar-refractivity contribution in [1.82, 2.24) is 0 Å². The lowest BCUT2D eigenvalue weighted by molar-refractivity contribution is -0.122. The van der Waals surface area contributed by atoms with Gasteiger partial charge in [-0.15, -0.1) is 11.3 Å². The van der Waals surface area contributed by atoms with E-state index >= 15 is 0 Å². The van der Waals surface area contributed by atoms with Crippen LogP contribution in [0.5, 0.6) is 0 Å². The zero-order valence-electron chi connectivity index (χ0n) is 18.4. The van der Waals surface area contributed by atoms with Crippen LogP contribution in [0.3, 0.4) is 0 Å². The van der Waals surface area contributed by atoms with Crippen molar-refractivity contribution >= 4 is 17.1 Å². The van der Waals surface area contributed by atoms with Gasteiger partial charge in [-0.05, 0) is 69.0 Å². The van der Waals surface area contributed by atoms with E-state index < -0.39 is 11.3 Å². The Balaban J connectivity index is 0.000000627. The number of aryl methyl sites for hydroxylation is 1. The van der Waals surface area contributed by atoms with E-state index in [1.807, 2.05) is 32.9 Å². The number of halogens is 2. The SMILES string of the molecule is C=C(C)N.CC.CC(=O)C1(C)CCCc2sc(-c3cccc(C(C)(F)F)c3)cc21. The summed E-state index contributed by atoms with van der Waals surface area (Å²) in [6.07, 6.45) is 2.82. The third-order valence-electron chi connectivity index (χ3n) is 4.92. The summed E-state index contributed by atoms with van der Waals surface area (Å²) in [6, 6.07) is 8.58. The largest absolute Gasteiger partial charge is 0.403 e. The fourth-order valence-electron chi connectivity index (χ4n) is 3.27. The molecule has 0 aliphatic heterocycles. The molecule has 1 atom stereocenters. The van der Waals surface area contributed by atoms with Crippen LogP contribution in [0.2, 0.25) is 0 Å². The number of ketones is 1. The van der Waals surface area contributed by atoms with E-state index in [9.17, 15) is 13.6 Å². The maximum absolute atomic E-state index is 13.6. The summed E-state index contributed by atoms with van der Waals surface area (Å²) in [5, 5.41) is 0. The average Bonchev–Trinajstić information content (AvgIpc) is 3.08. The molecule has 0 fully saturated rings. The summed E-state index contributed by atoms with van der Waals surface area (Å²) >= 11 is 1.63. The first-order chi connectivity index (χ1) is 13.4. The predicted molar refractivity (Wildman–Crippen MR) is 121 cm³/mol. The fraction of sp³-hybridized carbons (Fsp3) is 0.458. The molecule has 29 heavy (non-hydrogen) atoms. The Morgan fingerprint density at radius 2 is 1.83 bits per heavy atom. The van der Waals surface area contributed by atoms with Crippen LogP contribution in [0.25, 0.3) is 10.4 Å². The first-order valence-corrected chi connectivity index (χ1v) is 10.8. The number of carbonyl (C=O) groups is 1. The number of carbonyl (C=O) groups excluding carboxylic acids is 1. The number of fused-ring (bicyclic) bond motifs is 1. The molecule has 5 heteroatoms. The van der Waals surface area contributed by atoms with Crippen molar-refractivity contribution in [2.75, 3.05) is 0 Å². The standard InChI is InChI=1S/C19H20F2OS.C3H7N.C2H6/c1-12(22)18(2)9-5-8-16-15(18)11-17(23-16)13-6-4-7-14(10-13)19(3,20)21;1-3(2)4;1-2/h4,6-7,10-11H,5,8-9H2,1-3H3;1,4H2,2H3;1-2H3. The smallest absolute Gasteiger partial charge is 0.270 e. The number of hydrogen-bond acceptors (Lipinski definition) is 3. The summed E-state index contributed by atoms with van der Waals surface area (Å²) in [5.74, 6) is -2.67. The monoisotopic (exact) mass is 421 g/mol. The lowest BCUT2D eigenvalue weighted by atomic mass is 9.71. The molecule has 2 nitrogen and oxygen atoms in total. The molecule has 0 saturated heterocycles. The third-order valence-corrected chi connectivity index (χ3v) is 6.16. The minimum absolute atomic E-state index is 0.0238. The highest BCUT2D eigenvalue weighted by Crippen LogP contribution is 2.45. The Hall–Kier alpha value is -2.01. The second-order valence-electron chi connectivity index (χ2n) is 7.50. The van der Waals surface area contributed by atoms with Crippen LogP contribution in [0.1, 0.15) is 70.4 Å². The highest BCUT2D eigenvalue weighted by atomic mass is 32.1. The molecule has 3 rings (SSSR count). The van der Waals surface area contributed by atoms with Gasteiger partial charge >= 0.3 is 0 Å². The van der Waals surface area contributed by atoms with Gasteiger partial charge in [0.25, 0.3) is 5.92 Å². The zero-order chi connectivity index (χ0) is 22.4. The molecule has 0 saturated carbocycles. The van der Waals surface area contributed by atoms with Gasteiger partial charge in [0.1, 0.15) is 5.78 Å². The lowest BCUT2D eigenvalue weighted by Gasteiger charge is -2.31. The molecule has 0 spiro atoms. The molecule has 1 heterocycles. The van der Waals surface area contributed by atoms with Gasteiger partial charge in [0, 0.05) is 22.2 Å². The van der Waals surface area contributed by atoms with Gasteiger partial charge in [-0.1, -0.05) is 38.6 Å². The number of hydrogen-bond donors (Lipinski definition) is 1. The third kappa shape index (κ3) is 6.23. The van der Waals surface area contributed by atoms with Crippen molar-refractivity contribution in [3.63, 3.8) is 0 Å². The van der Waals surface area contributed by atoms with Gasteiger partial charge in [-0.2, -0.15) is 0 Å². The van der Waals surface area contributed by atoms with Gasteiger partial charge in [0.15, 0.2) is 0 Å². The van der Waals surface area contributed by atoms with Crippen LogP contribution >= 0.6 is 11.3 Å². The Morgan fingerprint density at radius 1 is 1.24 bits per heavy atom. The maximum atomic E-state index is 13.6. The second kappa shape index (κ2) is 10.1. The molecule has 160 valence electrons. The predicted octanol–water partition coefficient (Wildman–Crippen LogP) is 7.21. The first-order valence-electron chi connectivity index (χ1n) is 9.99. The number of alkyl halides is 2. The fourth-order valence-corrected chi connectivity index (χ4v) is 4.60. The van der Waals surface area contributed by atoms with Crippen LogP contribution in [-0.4, -0.2) is 5.78 Å². The normalized spacial score (nSPS) is 17.8. The van der Waals surface area contributed by atoms with Gasteiger partial charge in [-0.3, -0.25) is 4.79 Å². The van der Waals surface area contributed by atoms with E-state index in [0.29, 0.717) is 5.70 Å². The molecule has 0 amide bonds. The van der Waals surface area contributed by atoms with Crippen LogP contribution in [-0.2, 0) is 22.6 Å². The molecule has 2 aromatic rings. The highest BCUT2D eigenvalue weighted by molar-refractivity contribution is 7.15. The van der Waals surface area contributed by atoms with Crippen molar-refractivity contribution in [3.05, 3.63) is 58.6 Å². The highest BCUT2D eigenvalue weighted by Gasteiger charge is 2.37. The summed E-state index contributed by atoms with van der Waals surface area (Å²) in [7, 11) is 0. The number of benzene rings is 1. The summed E-state index contributed by atoms with van der Waals surface area (Å²) in [6.45, 7) is 13.6. The van der Waals surface area contributed by atoms with E-state index in [1.165, 1.54) is 10.9 Å². The molecular formula is C24H33F2NOS. The van der Waals surface area contributed by atoms with Crippen molar-refractivity contribution in [1.29, 1.82) is 0 Å². The zero-order valence-corrected chi connectivity index (χ0v) is 19.2. The van der Waals surface area contributed by atoms with E-state index in [4.69, 9.17) is 5.73 Å². The van der Waals surface area contributed by atoms with E-state index in [1.54, 1.807) is 37.3 Å². The Bertz CT molecular complexity index is 847. The van der Waals surface area contributed by atoms with Gasteiger partial charge < -0.3 is 5.73 Å².